The second kappa shape index (κ2) is 5.43. The number of nitrogens with one attached hydrogen (secondary N) is 1. The van der Waals surface area contributed by atoms with Crippen molar-refractivity contribution in [2.75, 3.05) is 13.2 Å². The van der Waals surface area contributed by atoms with E-state index in [0.717, 1.165) is 31.2 Å². The lowest BCUT2D eigenvalue weighted by molar-refractivity contribution is -0.153. The Morgan fingerprint density at radius 2 is 2.10 bits per heavy atom. The van der Waals surface area contributed by atoms with Crippen molar-refractivity contribution in [1.29, 1.82) is 0 Å². The molecule has 21 heavy (non-hydrogen) atoms. The number of hydrogen-bond donors (Lipinski definition) is 2. The first-order valence-corrected chi connectivity index (χ1v) is 7.80. The Morgan fingerprint density at radius 1 is 1.33 bits per heavy atom. The van der Waals surface area contributed by atoms with Gasteiger partial charge in [0.05, 0.1) is 6.61 Å². The molecule has 2 heterocycles. The Morgan fingerprint density at radius 3 is 2.76 bits per heavy atom. The molecule has 0 spiro atoms. The molecule has 0 unspecified atom stereocenters. The molecule has 2 N–H and O–H groups in total. The van der Waals surface area contributed by atoms with Crippen molar-refractivity contribution in [3.05, 3.63) is 35.9 Å². The number of hydrogen-bond acceptors (Lipinski definition) is 4. The summed E-state index contributed by atoms with van der Waals surface area (Å²) in [5.41, 5.74) is 0.286. The number of carbonyl (C=O) groups is 1. The highest BCUT2D eigenvalue weighted by Gasteiger charge is 2.59. The first-order valence-electron chi connectivity index (χ1n) is 7.80. The van der Waals surface area contributed by atoms with Gasteiger partial charge in [-0.15, -0.1) is 0 Å². The summed E-state index contributed by atoms with van der Waals surface area (Å²) in [4.78, 5) is 12.4. The van der Waals surface area contributed by atoms with Gasteiger partial charge in [-0.05, 0) is 38.2 Å². The van der Waals surface area contributed by atoms with Gasteiger partial charge in [0.2, 0.25) is 0 Å². The summed E-state index contributed by atoms with van der Waals surface area (Å²) in [5, 5.41) is 13.4. The number of aliphatic hydroxyl groups excluding tert-OH is 1. The Labute approximate surface area is 125 Å². The van der Waals surface area contributed by atoms with Crippen LogP contribution in [-0.2, 0) is 15.1 Å². The van der Waals surface area contributed by atoms with Crippen LogP contribution in [0.2, 0.25) is 0 Å². The van der Waals surface area contributed by atoms with Crippen molar-refractivity contribution in [1.82, 2.24) is 5.32 Å². The number of fused-ring (bicyclic) bond motifs is 2. The molecule has 0 saturated carbocycles. The molecule has 3 rings (SSSR count). The predicted molar refractivity (Wildman–Crippen MR) is 79.7 cm³/mol. The van der Waals surface area contributed by atoms with Crippen LogP contribution in [0.4, 0.5) is 0 Å². The summed E-state index contributed by atoms with van der Waals surface area (Å²) in [6.07, 6.45) is 3.22. The van der Waals surface area contributed by atoms with Crippen LogP contribution in [0.3, 0.4) is 0 Å². The third-order valence-corrected chi connectivity index (χ3v) is 5.20. The molecular formula is C17H23NO3. The van der Waals surface area contributed by atoms with Gasteiger partial charge >= 0.3 is 5.97 Å². The van der Waals surface area contributed by atoms with Gasteiger partial charge in [-0.1, -0.05) is 30.3 Å². The van der Waals surface area contributed by atoms with Crippen molar-refractivity contribution < 1.29 is 14.6 Å². The lowest BCUT2D eigenvalue weighted by atomic mass is 9.73. The molecule has 0 aromatic heterocycles. The SMILES string of the molecule is CCOC(=O)[C@@]12CC[C@H](CO)[C@@](c3ccccc3)(CC1)N2. The Balaban J connectivity index is 1.97. The number of piperidine rings is 1. The minimum atomic E-state index is -0.572. The summed E-state index contributed by atoms with van der Waals surface area (Å²) >= 11 is 0. The highest BCUT2D eigenvalue weighted by Crippen LogP contribution is 2.51. The van der Waals surface area contributed by atoms with Gasteiger partial charge in [0, 0.05) is 18.1 Å². The highest BCUT2D eigenvalue weighted by atomic mass is 16.5. The van der Waals surface area contributed by atoms with Crippen molar-refractivity contribution >= 4 is 5.97 Å². The molecule has 2 aliphatic heterocycles. The van der Waals surface area contributed by atoms with E-state index in [2.05, 4.69) is 17.4 Å². The second-order valence-corrected chi connectivity index (χ2v) is 6.18. The number of ether oxygens (including phenoxy) is 1. The van der Waals surface area contributed by atoms with Crippen LogP contribution in [0, 0.1) is 5.92 Å². The molecule has 4 heteroatoms. The van der Waals surface area contributed by atoms with E-state index in [1.165, 1.54) is 0 Å². The first-order chi connectivity index (χ1) is 10.2. The Hall–Kier alpha value is -1.39. The monoisotopic (exact) mass is 289 g/mol. The number of benzene rings is 1. The minimum Gasteiger partial charge on any atom is -0.465 e. The molecule has 2 saturated heterocycles. The number of carbonyl (C=O) groups excluding carboxylic acids is 1. The lowest BCUT2D eigenvalue weighted by Gasteiger charge is -2.45. The Bertz CT molecular complexity index is 518. The maximum absolute atomic E-state index is 12.4. The van der Waals surface area contributed by atoms with E-state index >= 15 is 0 Å². The molecule has 0 aliphatic carbocycles. The normalized spacial score (nSPS) is 34.7. The molecule has 1 aromatic carbocycles. The molecule has 4 nitrogen and oxygen atoms in total. The fourth-order valence-electron chi connectivity index (χ4n) is 4.08. The molecule has 1 aromatic rings. The van der Waals surface area contributed by atoms with Gasteiger partial charge < -0.3 is 9.84 Å². The highest BCUT2D eigenvalue weighted by molar-refractivity contribution is 5.82. The molecular weight excluding hydrogens is 266 g/mol. The number of aliphatic hydroxyl groups is 1. The maximum atomic E-state index is 12.4. The van der Waals surface area contributed by atoms with Crippen molar-refractivity contribution in [3.63, 3.8) is 0 Å². The number of rotatable bonds is 4. The average molecular weight is 289 g/mol. The molecule has 3 atom stereocenters. The fraction of sp³-hybridized carbons (Fsp3) is 0.588. The number of esters is 1. The van der Waals surface area contributed by atoms with Crippen LogP contribution in [0.15, 0.2) is 30.3 Å². The van der Waals surface area contributed by atoms with Gasteiger partial charge in [-0.2, -0.15) is 0 Å². The van der Waals surface area contributed by atoms with Gasteiger partial charge in [0.25, 0.3) is 0 Å². The standard InChI is InChI=1S/C17H23NO3/c1-2-21-15(20)16-9-8-14(12-19)17(18-16,11-10-16)13-6-4-3-5-7-13/h3-7,14,18-19H,2,8-12H2,1H3/t14-,16-,17+/m1/s1. The first kappa shape index (κ1) is 14.5. The van der Waals surface area contributed by atoms with E-state index in [-0.39, 0.29) is 24.0 Å². The summed E-state index contributed by atoms with van der Waals surface area (Å²) in [7, 11) is 0. The van der Waals surface area contributed by atoms with E-state index in [0.29, 0.717) is 6.61 Å². The second-order valence-electron chi connectivity index (χ2n) is 6.18. The molecule has 0 amide bonds. The van der Waals surface area contributed by atoms with Gasteiger partial charge in [0.15, 0.2) is 0 Å². The minimum absolute atomic E-state index is 0.140. The molecule has 2 aliphatic rings. The smallest absolute Gasteiger partial charge is 0.326 e. The third kappa shape index (κ3) is 2.17. The summed E-state index contributed by atoms with van der Waals surface area (Å²) in [5.74, 6) is 0.00384. The molecule has 114 valence electrons. The topological polar surface area (TPSA) is 58.6 Å². The zero-order chi connectivity index (χ0) is 14.9. The van der Waals surface area contributed by atoms with Crippen LogP contribution < -0.4 is 5.32 Å². The molecule has 2 bridgehead atoms. The van der Waals surface area contributed by atoms with E-state index in [4.69, 9.17) is 4.74 Å². The maximum Gasteiger partial charge on any atom is 0.326 e. The lowest BCUT2D eigenvalue weighted by Crippen LogP contribution is -2.61. The van der Waals surface area contributed by atoms with Crippen LogP contribution in [0.5, 0.6) is 0 Å². The van der Waals surface area contributed by atoms with Gasteiger partial charge in [-0.25, -0.2) is 0 Å². The van der Waals surface area contributed by atoms with Crippen LogP contribution in [0.1, 0.15) is 38.2 Å². The van der Waals surface area contributed by atoms with Gasteiger partial charge in [0.1, 0.15) is 5.54 Å². The van der Waals surface area contributed by atoms with Crippen LogP contribution in [-0.4, -0.2) is 29.8 Å². The molecule has 2 fully saturated rings. The van der Waals surface area contributed by atoms with Gasteiger partial charge in [-0.3, -0.25) is 10.1 Å². The van der Waals surface area contributed by atoms with Crippen LogP contribution >= 0.6 is 0 Å². The Kier molecular flexibility index (Phi) is 3.76. The average Bonchev–Trinajstić information content (AvgIpc) is 2.85. The quantitative estimate of drug-likeness (QED) is 0.832. The van der Waals surface area contributed by atoms with Crippen molar-refractivity contribution in [3.8, 4) is 0 Å². The zero-order valence-electron chi connectivity index (χ0n) is 12.5. The zero-order valence-corrected chi connectivity index (χ0v) is 12.5. The largest absolute Gasteiger partial charge is 0.465 e. The molecule has 0 radical (unpaired) electrons. The summed E-state index contributed by atoms with van der Waals surface area (Å²) in [6.45, 7) is 2.39. The predicted octanol–water partition coefficient (Wildman–Crippen LogP) is 1.97. The fourth-order valence-corrected chi connectivity index (χ4v) is 4.08. The summed E-state index contributed by atoms with van der Waals surface area (Å²) < 4.78 is 5.29. The third-order valence-electron chi connectivity index (χ3n) is 5.20. The van der Waals surface area contributed by atoms with E-state index < -0.39 is 5.54 Å². The van der Waals surface area contributed by atoms with E-state index in [9.17, 15) is 9.90 Å². The van der Waals surface area contributed by atoms with Crippen molar-refractivity contribution in [2.24, 2.45) is 5.92 Å². The van der Waals surface area contributed by atoms with E-state index in [1.807, 2.05) is 25.1 Å². The summed E-state index contributed by atoms with van der Waals surface area (Å²) in [6, 6.07) is 10.2. The van der Waals surface area contributed by atoms with Crippen molar-refractivity contribution in [2.45, 2.75) is 43.7 Å². The van der Waals surface area contributed by atoms with E-state index in [1.54, 1.807) is 0 Å². The van der Waals surface area contributed by atoms with Crippen LogP contribution in [0.25, 0.3) is 0 Å².